The van der Waals surface area contributed by atoms with Crippen molar-refractivity contribution in [3.05, 3.63) is 4.88 Å². The molecule has 1 saturated heterocycles. The van der Waals surface area contributed by atoms with Crippen molar-refractivity contribution in [3.8, 4) is 0 Å². The first-order valence-electron chi connectivity index (χ1n) is 6.37. The van der Waals surface area contributed by atoms with Gasteiger partial charge in [0.25, 0.3) is 5.91 Å². The maximum atomic E-state index is 12.2. The van der Waals surface area contributed by atoms with Gasteiger partial charge in [0, 0.05) is 40.2 Å². The number of nitrogens with zero attached hydrogens (tertiary/aromatic N) is 3. The number of likely N-dealkylation sites (tertiary alicyclic amines) is 1. The largest absolute Gasteiger partial charge is 0.382 e. The Bertz CT molecular complexity index is 528. The van der Waals surface area contributed by atoms with E-state index < -0.39 is 0 Å². The van der Waals surface area contributed by atoms with Crippen molar-refractivity contribution in [2.24, 2.45) is 0 Å². The number of hydrogen-bond acceptors (Lipinski definition) is 6. The van der Waals surface area contributed by atoms with E-state index in [1.165, 1.54) is 11.3 Å². The minimum absolute atomic E-state index is 0.0329. The van der Waals surface area contributed by atoms with Crippen LogP contribution in [-0.4, -0.2) is 55.4 Å². The van der Waals surface area contributed by atoms with E-state index in [4.69, 9.17) is 5.73 Å². The summed E-state index contributed by atoms with van der Waals surface area (Å²) >= 11 is 1.26. The minimum atomic E-state index is -0.221. The second kappa shape index (κ2) is 5.66. The third kappa shape index (κ3) is 3.01. The van der Waals surface area contributed by atoms with Gasteiger partial charge in [-0.25, -0.2) is 4.98 Å². The van der Waals surface area contributed by atoms with Crippen LogP contribution in [0.25, 0.3) is 0 Å². The minimum Gasteiger partial charge on any atom is -0.382 e. The highest BCUT2D eigenvalue weighted by molar-refractivity contribution is 7.18. The van der Waals surface area contributed by atoms with Crippen molar-refractivity contribution < 1.29 is 9.59 Å². The standard InChI is InChI=1S/C12H19N5O2S/c1-16(2)12-15-10(13)9(20-12)11(19)14-7-4-5-8(18)17(3)6-7/h7H,4-6,13H2,1-3H3,(H,14,19). The van der Waals surface area contributed by atoms with Crippen molar-refractivity contribution in [1.29, 1.82) is 0 Å². The van der Waals surface area contributed by atoms with E-state index in [1.807, 2.05) is 19.0 Å². The van der Waals surface area contributed by atoms with E-state index in [-0.39, 0.29) is 23.7 Å². The van der Waals surface area contributed by atoms with Gasteiger partial charge in [-0.05, 0) is 6.42 Å². The maximum absolute atomic E-state index is 12.2. The Morgan fingerprint density at radius 1 is 1.55 bits per heavy atom. The predicted molar refractivity (Wildman–Crippen MR) is 79.0 cm³/mol. The molecule has 1 unspecified atom stereocenters. The first-order chi connectivity index (χ1) is 9.38. The van der Waals surface area contributed by atoms with Crippen molar-refractivity contribution in [1.82, 2.24) is 15.2 Å². The molecule has 0 aliphatic carbocycles. The van der Waals surface area contributed by atoms with Crippen LogP contribution < -0.4 is 16.0 Å². The van der Waals surface area contributed by atoms with Gasteiger partial charge in [-0.15, -0.1) is 0 Å². The molecule has 0 saturated carbocycles. The summed E-state index contributed by atoms with van der Waals surface area (Å²) in [5.41, 5.74) is 5.78. The summed E-state index contributed by atoms with van der Waals surface area (Å²) in [6.07, 6.45) is 1.12. The smallest absolute Gasteiger partial charge is 0.265 e. The van der Waals surface area contributed by atoms with Gasteiger partial charge in [-0.2, -0.15) is 0 Å². The van der Waals surface area contributed by atoms with Crippen LogP contribution in [-0.2, 0) is 4.79 Å². The summed E-state index contributed by atoms with van der Waals surface area (Å²) in [6.45, 7) is 0.532. The number of nitrogens with two attached hydrogens (primary N) is 1. The normalized spacial score (nSPS) is 19.1. The third-order valence-corrected chi connectivity index (χ3v) is 4.43. The number of nitrogen functional groups attached to an aromatic ring is 1. The zero-order valence-electron chi connectivity index (χ0n) is 11.8. The fourth-order valence-corrected chi connectivity index (χ4v) is 2.87. The number of piperidine rings is 1. The monoisotopic (exact) mass is 297 g/mol. The highest BCUT2D eigenvalue weighted by Gasteiger charge is 2.26. The van der Waals surface area contributed by atoms with Crippen LogP contribution in [0.5, 0.6) is 0 Å². The molecule has 2 heterocycles. The first-order valence-corrected chi connectivity index (χ1v) is 7.18. The Morgan fingerprint density at radius 2 is 2.25 bits per heavy atom. The SMILES string of the molecule is CN1CC(NC(=O)c2sc(N(C)C)nc2N)CCC1=O. The summed E-state index contributed by atoms with van der Waals surface area (Å²) in [7, 11) is 5.44. The number of likely N-dealkylation sites (N-methyl/N-ethyl adjacent to an activating group) is 1. The highest BCUT2D eigenvalue weighted by Crippen LogP contribution is 2.26. The maximum Gasteiger partial charge on any atom is 0.265 e. The van der Waals surface area contributed by atoms with Gasteiger partial charge in [0.1, 0.15) is 10.7 Å². The van der Waals surface area contributed by atoms with Crippen LogP contribution >= 0.6 is 11.3 Å². The molecule has 0 bridgehead atoms. The summed E-state index contributed by atoms with van der Waals surface area (Å²) in [5.74, 6) is 0.139. The van der Waals surface area contributed by atoms with E-state index in [2.05, 4.69) is 10.3 Å². The molecule has 8 heteroatoms. The summed E-state index contributed by atoms with van der Waals surface area (Å²) in [4.78, 5) is 31.6. The van der Waals surface area contributed by atoms with Gasteiger partial charge < -0.3 is 20.9 Å². The molecule has 2 rings (SSSR count). The lowest BCUT2D eigenvalue weighted by molar-refractivity contribution is -0.132. The number of thiazole rings is 1. The molecule has 7 nitrogen and oxygen atoms in total. The van der Waals surface area contributed by atoms with Crippen LogP contribution in [0.4, 0.5) is 10.9 Å². The van der Waals surface area contributed by atoms with E-state index in [1.54, 1.807) is 11.9 Å². The average molecular weight is 297 g/mol. The Balaban J connectivity index is 2.03. The van der Waals surface area contributed by atoms with Gasteiger partial charge in [0.15, 0.2) is 5.13 Å². The topological polar surface area (TPSA) is 91.6 Å². The van der Waals surface area contributed by atoms with Gasteiger partial charge in [-0.1, -0.05) is 11.3 Å². The second-order valence-electron chi connectivity index (χ2n) is 5.09. The number of carbonyl (C=O) groups excluding carboxylic acids is 2. The van der Waals surface area contributed by atoms with Gasteiger partial charge in [-0.3, -0.25) is 9.59 Å². The van der Waals surface area contributed by atoms with Crippen molar-refractivity contribution in [2.45, 2.75) is 18.9 Å². The second-order valence-corrected chi connectivity index (χ2v) is 6.07. The quantitative estimate of drug-likeness (QED) is 0.828. The van der Waals surface area contributed by atoms with E-state index in [9.17, 15) is 9.59 Å². The zero-order chi connectivity index (χ0) is 14.9. The van der Waals surface area contributed by atoms with E-state index in [0.717, 1.165) is 0 Å². The molecule has 0 spiro atoms. The molecule has 2 amide bonds. The number of carbonyl (C=O) groups is 2. The molecule has 1 fully saturated rings. The average Bonchev–Trinajstić information content (AvgIpc) is 2.76. The molecule has 1 aromatic heterocycles. The summed E-state index contributed by atoms with van der Waals surface area (Å²) in [6, 6.07) is -0.0329. The Labute approximate surface area is 121 Å². The number of amides is 2. The van der Waals surface area contributed by atoms with Crippen LogP contribution in [0.3, 0.4) is 0 Å². The van der Waals surface area contributed by atoms with E-state index in [0.29, 0.717) is 29.4 Å². The fourth-order valence-electron chi connectivity index (χ4n) is 2.06. The summed E-state index contributed by atoms with van der Waals surface area (Å²) < 4.78 is 0. The lowest BCUT2D eigenvalue weighted by Gasteiger charge is -2.29. The van der Waals surface area contributed by atoms with E-state index >= 15 is 0 Å². The van der Waals surface area contributed by atoms with Crippen LogP contribution in [0.2, 0.25) is 0 Å². The first kappa shape index (κ1) is 14.6. The van der Waals surface area contributed by atoms with Crippen molar-refractivity contribution in [2.75, 3.05) is 38.3 Å². The molecule has 1 aliphatic rings. The number of anilines is 2. The van der Waals surface area contributed by atoms with Gasteiger partial charge in [0.05, 0.1) is 0 Å². The number of nitrogens with one attached hydrogen (secondary N) is 1. The Morgan fingerprint density at radius 3 is 2.80 bits per heavy atom. The molecule has 1 aromatic rings. The van der Waals surface area contributed by atoms with Crippen LogP contribution in [0.15, 0.2) is 0 Å². The molecule has 110 valence electrons. The molecular weight excluding hydrogens is 278 g/mol. The molecule has 3 N–H and O–H groups in total. The predicted octanol–water partition coefficient (Wildman–Crippen LogP) is 0.142. The Kier molecular flexibility index (Phi) is 4.12. The molecule has 0 radical (unpaired) electrons. The van der Waals surface area contributed by atoms with Gasteiger partial charge >= 0.3 is 0 Å². The lowest BCUT2D eigenvalue weighted by atomic mass is 10.1. The highest BCUT2D eigenvalue weighted by atomic mass is 32.1. The Hall–Kier alpha value is -1.83. The zero-order valence-corrected chi connectivity index (χ0v) is 12.7. The lowest BCUT2D eigenvalue weighted by Crippen LogP contribution is -2.48. The number of aromatic nitrogens is 1. The van der Waals surface area contributed by atoms with Crippen molar-refractivity contribution >= 4 is 34.1 Å². The van der Waals surface area contributed by atoms with Crippen molar-refractivity contribution in [3.63, 3.8) is 0 Å². The fraction of sp³-hybridized carbons (Fsp3) is 0.583. The van der Waals surface area contributed by atoms with Crippen LogP contribution in [0.1, 0.15) is 22.5 Å². The number of hydrogen-bond donors (Lipinski definition) is 2. The third-order valence-electron chi connectivity index (χ3n) is 3.19. The number of rotatable bonds is 3. The van der Waals surface area contributed by atoms with Crippen LogP contribution in [0, 0.1) is 0 Å². The molecule has 1 aliphatic heterocycles. The molecular formula is C12H19N5O2S. The summed E-state index contributed by atoms with van der Waals surface area (Å²) in [5, 5.41) is 3.62. The molecule has 20 heavy (non-hydrogen) atoms. The van der Waals surface area contributed by atoms with Gasteiger partial charge in [0.2, 0.25) is 5.91 Å². The molecule has 0 aromatic carbocycles. The molecule has 1 atom stereocenters.